The molecule has 1 unspecified atom stereocenters. The Labute approximate surface area is 115 Å². The van der Waals surface area contributed by atoms with Crippen molar-refractivity contribution in [3.63, 3.8) is 0 Å². The first kappa shape index (κ1) is 14.5. The molecule has 1 aromatic carbocycles. The van der Waals surface area contributed by atoms with Crippen molar-refractivity contribution in [1.82, 2.24) is 5.32 Å². The van der Waals surface area contributed by atoms with Crippen molar-refractivity contribution in [1.29, 1.82) is 0 Å². The van der Waals surface area contributed by atoms with E-state index in [4.69, 9.17) is 4.74 Å². The highest BCUT2D eigenvalue weighted by Crippen LogP contribution is 2.41. The number of hydrogen-bond donors (Lipinski definition) is 1. The average molecular weight is 265 g/mol. The third-order valence-corrected chi connectivity index (χ3v) is 4.46. The Kier molecular flexibility index (Phi) is 4.58. The Morgan fingerprint density at radius 2 is 1.95 bits per heavy atom. The van der Waals surface area contributed by atoms with Gasteiger partial charge in [-0.25, -0.2) is 4.39 Å². The zero-order chi connectivity index (χ0) is 13.9. The van der Waals surface area contributed by atoms with E-state index in [1.54, 1.807) is 19.2 Å². The summed E-state index contributed by atoms with van der Waals surface area (Å²) in [5.74, 6) is -0.175. The molecule has 0 aromatic heterocycles. The first-order chi connectivity index (χ1) is 9.13. The third-order valence-electron chi connectivity index (χ3n) is 4.46. The smallest absolute Gasteiger partial charge is 0.123 e. The first-order valence-electron chi connectivity index (χ1n) is 7.11. The maximum Gasteiger partial charge on any atom is 0.123 e. The lowest BCUT2D eigenvalue weighted by Gasteiger charge is -2.43. The molecule has 0 radical (unpaired) electrons. The minimum absolute atomic E-state index is 0.124. The molecular formula is C16H24FNO. The molecule has 0 bridgehead atoms. The molecule has 2 rings (SSSR count). The standard InChI is InChI=1S/C16H24FNO/c1-12-11-13(17)7-8-14(12)15(18-2)16(19-3)9-5-4-6-10-16/h7-8,11,15,18H,4-6,9-10H2,1-3H3. The number of methoxy groups -OCH3 is 1. The van der Waals surface area contributed by atoms with Gasteiger partial charge in [-0.1, -0.05) is 25.3 Å². The minimum atomic E-state index is -0.175. The fourth-order valence-electron chi connectivity index (χ4n) is 3.43. The van der Waals surface area contributed by atoms with Gasteiger partial charge >= 0.3 is 0 Å². The second-order valence-corrected chi connectivity index (χ2v) is 5.55. The topological polar surface area (TPSA) is 21.3 Å². The summed E-state index contributed by atoms with van der Waals surface area (Å²) in [5, 5.41) is 3.39. The lowest BCUT2D eigenvalue weighted by atomic mass is 9.76. The van der Waals surface area contributed by atoms with E-state index >= 15 is 0 Å². The monoisotopic (exact) mass is 265 g/mol. The van der Waals surface area contributed by atoms with Crippen LogP contribution in [0.3, 0.4) is 0 Å². The number of ether oxygens (including phenoxy) is 1. The highest BCUT2D eigenvalue weighted by atomic mass is 19.1. The summed E-state index contributed by atoms with van der Waals surface area (Å²) in [4.78, 5) is 0. The summed E-state index contributed by atoms with van der Waals surface area (Å²) >= 11 is 0. The maximum atomic E-state index is 13.3. The van der Waals surface area contributed by atoms with Crippen LogP contribution in [0.25, 0.3) is 0 Å². The molecule has 1 saturated carbocycles. The van der Waals surface area contributed by atoms with Gasteiger partial charge in [-0.3, -0.25) is 0 Å². The molecule has 106 valence electrons. The molecule has 1 aromatic rings. The van der Waals surface area contributed by atoms with Crippen molar-refractivity contribution in [2.24, 2.45) is 0 Å². The van der Waals surface area contributed by atoms with Crippen LogP contribution in [0.1, 0.15) is 49.3 Å². The van der Waals surface area contributed by atoms with Gasteiger partial charge in [0.05, 0.1) is 11.6 Å². The number of halogens is 1. The van der Waals surface area contributed by atoms with E-state index in [0.29, 0.717) is 0 Å². The van der Waals surface area contributed by atoms with Gasteiger partial charge < -0.3 is 10.1 Å². The Hall–Kier alpha value is -0.930. The van der Waals surface area contributed by atoms with E-state index < -0.39 is 0 Å². The second kappa shape index (κ2) is 6.02. The Balaban J connectivity index is 2.36. The number of rotatable bonds is 4. The van der Waals surface area contributed by atoms with Crippen molar-refractivity contribution in [3.05, 3.63) is 35.1 Å². The fraction of sp³-hybridized carbons (Fsp3) is 0.625. The lowest BCUT2D eigenvalue weighted by Crippen LogP contribution is -2.46. The summed E-state index contributed by atoms with van der Waals surface area (Å²) in [6, 6.07) is 5.16. The summed E-state index contributed by atoms with van der Waals surface area (Å²) < 4.78 is 19.2. The highest BCUT2D eigenvalue weighted by Gasteiger charge is 2.40. The van der Waals surface area contributed by atoms with Gasteiger partial charge in [-0.2, -0.15) is 0 Å². The number of nitrogens with one attached hydrogen (secondary N) is 1. The molecule has 1 N–H and O–H groups in total. The van der Waals surface area contributed by atoms with Crippen LogP contribution in [0.2, 0.25) is 0 Å². The van der Waals surface area contributed by atoms with Gasteiger partial charge in [-0.15, -0.1) is 0 Å². The van der Waals surface area contributed by atoms with Crippen LogP contribution in [0.15, 0.2) is 18.2 Å². The van der Waals surface area contributed by atoms with Crippen LogP contribution in [0, 0.1) is 12.7 Å². The predicted octanol–water partition coefficient (Wildman–Crippen LogP) is 3.74. The molecule has 0 heterocycles. The molecule has 0 aliphatic heterocycles. The molecule has 0 saturated heterocycles. The molecular weight excluding hydrogens is 241 g/mol. The van der Waals surface area contributed by atoms with Crippen LogP contribution < -0.4 is 5.32 Å². The molecule has 3 heteroatoms. The third kappa shape index (κ3) is 2.82. The van der Waals surface area contributed by atoms with Gasteiger partial charge in [0.2, 0.25) is 0 Å². The summed E-state index contributed by atoms with van der Waals surface area (Å²) in [5.41, 5.74) is 1.98. The van der Waals surface area contributed by atoms with E-state index in [1.165, 1.54) is 19.3 Å². The largest absolute Gasteiger partial charge is 0.376 e. The van der Waals surface area contributed by atoms with Crippen molar-refractivity contribution in [2.45, 2.75) is 50.7 Å². The summed E-state index contributed by atoms with van der Waals surface area (Å²) in [6.07, 6.45) is 5.81. The molecule has 19 heavy (non-hydrogen) atoms. The van der Waals surface area contributed by atoms with Crippen LogP contribution in [-0.2, 0) is 4.74 Å². The zero-order valence-corrected chi connectivity index (χ0v) is 12.1. The Morgan fingerprint density at radius 3 is 2.47 bits per heavy atom. The van der Waals surface area contributed by atoms with E-state index in [1.807, 2.05) is 20.0 Å². The molecule has 1 aliphatic rings. The molecule has 0 spiro atoms. The van der Waals surface area contributed by atoms with Gasteiger partial charge in [0, 0.05) is 7.11 Å². The normalized spacial score (nSPS) is 20.2. The van der Waals surface area contributed by atoms with E-state index in [2.05, 4.69) is 5.32 Å². The van der Waals surface area contributed by atoms with Gasteiger partial charge in [-0.05, 0) is 50.1 Å². The van der Waals surface area contributed by atoms with Crippen LogP contribution in [0.5, 0.6) is 0 Å². The summed E-state index contributed by atoms with van der Waals surface area (Å²) in [7, 11) is 3.76. The molecule has 1 aliphatic carbocycles. The SMILES string of the molecule is CNC(c1ccc(F)cc1C)C1(OC)CCCCC1. The van der Waals surface area contributed by atoms with E-state index in [0.717, 1.165) is 24.0 Å². The molecule has 1 fully saturated rings. The quantitative estimate of drug-likeness (QED) is 0.895. The van der Waals surface area contributed by atoms with Crippen molar-refractivity contribution < 1.29 is 9.13 Å². The first-order valence-corrected chi connectivity index (χ1v) is 7.11. The van der Waals surface area contributed by atoms with Crippen LogP contribution >= 0.6 is 0 Å². The maximum absolute atomic E-state index is 13.3. The summed E-state index contributed by atoms with van der Waals surface area (Å²) in [6.45, 7) is 1.97. The molecule has 0 amide bonds. The number of likely N-dealkylation sites (N-methyl/N-ethyl adjacent to an activating group) is 1. The Morgan fingerprint density at radius 1 is 1.26 bits per heavy atom. The fourth-order valence-corrected chi connectivity index (χ4v) is 3.43. The highest BCUT2D eigenvalue weighted by molar-refractivity contribution is 5.32. The van der Waals surface area contributed by atoms with Crippen molar-refractivity contribution in [2.75, 3.05) is 14.2 Å². The Bertz CT molecular complexity index is 427. The van der Waals surface area contributed by atoms with Gasteiger partial charge in [0.25, 0.3) is 0 Å². The van der Waals surface area contributed by atoms with Crippen molar-refractivity contribution in [3.8, 4) is 0 Å². The van der Waals surface area contributed by atoms with Gasteiger partial charge in [0.15, 0.2) is 0 Å². The van der Waals surface area contributed by atoms with Crippen LogP contribution in [0.4, 0.5) is 4.39 Å². The lowest BCUT2D eigenvalue weighted by molar-refractivity contribution is -0.0672. The number of benzene rings is 1. The predicted molar refractivity (Wildman–Crippen MR) is 75.8 cm³/mol. The average Bonchev–Trinajstić information content (AvgIpc) is 2.43. The van der Waals surface area contributed by atoms with Crippen molar-refractivity contribution >= 4 is 0 Å². The number of aryl methyl sites for hydroxylation is 1. The zero-order valence-electron chi connectivity index (χ0n) is 12.1. The molecule has 1 atom stereocenters. The van der Waals surface area contributed by atoms with Gasteiger partial charge in [0.1, 0.15) is 5.82 Å². The minimum Gasteiger partial charge on any atom is -0.376 e. The number of hydrogen-bond acceptors (Lipinski definition) is 2. The molecule has 2 nitrogen and oxygen atoms in total. The van der Waals surface area contributed by atoms with E-state index in [9.17, 15) is 4.39 Å². The second-order valence-electron chi connectivity index (χ2n) is 5.55. The van der Waals surface area contributed by atoms with E-state index in [-0.39, 0.29) is 17.5 Å². The van der Waals surface area contributed by atoms with Crippen LogP contribution in [-0.4, -0.2) is 19.8 Å².